The molecule has 0 unspecified atom stereocenters. The Labute approximate surface area is 159 Å². The Bertz CT molecular complexity index is 1080. The molecule has 0 fully saturated rings. The van der Waals surface area contributed by atoms with Gasteiger partial charge in [0.05, 0.1) is 16.4 Å². The van der Waals surface area contributed by atoms with Crippen LogP contribution in [0.1, 0.15) is 5.69 Å². The number of hydrogen-bond donors (Lipinski definition) is 0. The maximum Gasteiger partial charge on any atom is 0.322 e. The number of pyridine rings is 1. The van der Waals surface area contributed by atoms with E-state index in [0.717, 1.165) is 14.1 Å². The van der Waals surface area contributed by atoms with Crippen LogP contribution in [-0.4, -0.2) is 41.0 Å². The molecule has 1 aromatic carbocycles. The maximum atomic E-state index is 13.6. The lowest BCUT2D eigenvalue weighted by atomic mass is 10.0. The van der Waals surface area contributed by atoms with Gasteiger partial charge in [0.2, 0.25) is 0 Å². The van der Waals surface area contributed by atoms with Gasteiger partial charge in [-0.15, -0.1) is 0 Å². The minimum atomic E-state index is -3.80. The van der Waals surface area contributed by atoms with Gasteiger partial charge >= 0.3 is 10.2 Å². The normalized spacial score (nSPS) is 11.9. The van der Waals surface area contributed by atoms with Crippen LogP contribution in [0.3, 0.4) is 0 Å². The monoisotopic (exact) mass is 438 g/mol. The fraction of sp³-hybridized carbons (Fsp3) is 0.176. The molecule has 9 heteroatoms. The highest BCUT2D eigenvalue weighted by Gasteiger charge is 2.23. The van der Waals surface area contributed by atoms with Crippen LogP contribution < -0.4 is 0 Å². The van der Waals surface area contributed by atoms with Gasteiger partial charge in [0, 0.05) is 25.4 Å². The van der Waals surface area contributed by atoms with Crippen molar-refractivity contribution in [1.82, 2.24) is 18.5 Å². The standard InChI is InChI=1S/C17H16BrFN4O2S/c1-11-5-4-6-16(20-11)17-13(12-7-8-15(19)14(18)9-12)10-23(21-17)26(24,25)22(2)3/h4-10H,1-3H3. The summed E-state index contributed by atoms with van der Waals surface area (Å²) in [5.74, 6) is -0.405. The molecule has 6 nitrogen and oxygen atoms in total. The van der Waals surface area contributed by atoms with Crippen molar-refractivity contribution in [2.24, 2.45) is 0 Å². The third-order valence-electron chi connectivity index (χ3n) is 3.75. The Morgan fingerprint density at radius 2 is 1.92 bits per heavy atom. The summed E-state index contributed by atoms with van der Waals surface area (Å²) < 4.78 is 40.8. The van der Waals surface area contributed by atoms with Crippen LogP contribution in [0.4, 0.5) is 4.39 Å². The molecule has 0 N–H and O–H groups in total. The van der Waals surface area contributed by atoms with Crippen molar-refractivity contribution < 1.29 is 12.8 Å². The van der Waals surface area contributed by atoms with Crippen LogP contribution in [-0.2, 0) is 10.2 Å². The first-order valence-electron chi connectivity index (χ1n) is 7.62. The number of benzene rings is 1. The number of aryl methyl sites for hydroxylation is 1. The summed E-state index contributed by atoms with van der Waals surface area (Å²) in [6.45, 7) is 1.84. The molecular formula is C17H16BrFN4O2S. The molecule has 0 bridgehead atoms. The predicted octanol–water partition coefficient (Wildman–Crippen LogP) is 3.48. The molecule has 3 aromatic rings. The second-order valence-electron chi connectivity index (χ2n) is 5.85. The highest BCUT2D eigenvalue weighted by molar-refractivity contribution is 9.10. The zero-order chi connectivity index (χ0) is 19.1. The first-order valence-corrected chi connectivity index (χ1v) is 9.81. The number of aromatic nitrogens is 3. The Balaban J connectivity index is 2.27. The van der Waals surface area contributed by atoms with E-state index in [1.165, 1.54) is 26.4 Å². The summed E-state index contributed by atoms with van der Waals surface area (Å²) >= 11 is 3.16. The average Bonchev–Trinajstić information content (AvgIpc) is 3.03. The van der Waals surface area contributed by atoms with Gasteiger partial charge in [-0.25, -0.2) is 4.39 Å². The van der Waals surface area contributed by atoms with E-state index < -0.39 is 16.0 Å². The quantitative estimate of drug-likeness (QED) is 0.625. The first-order chi connectivity index (χ1) is 12.2. The summed E-state index contributed by atoms with van der Waals surface area (Å²) in [6, 6.07) is 9.88. The molecule has 0 saturated carbocycles. The van der Waals surface area contributed by atoms with E-state index in [4.69, 9.17) is 0 Å². The molecule has 2 heterocycles. The zero-order valence-corrected chi connectivity index (χ0v) is 16.7. The summed E-state index contributed by atoms with van der Waals surface area (Å²) in [6.07, 6.45) is 1.41. The summed E-state index contributed by atoms with van der Waals surface area (Å²) in [7, 11) is -0.945. The van der Waals surface area contributed by atoms with Gasteiger partial charge in [-0.3, -0.25) is 4.98 Å². The molecule has 3 rings (SSSR count). The third-order valence-corrected chi connectivity index (χ3v) is 5.94. The third kappa shape index (κ3) is 3.42. The average molecular weight is 439 g/mol. The molecule has 0 saturated heterocycles. The van der Waals surface area contributed by atoms with Crippen molar-refractivity contribution in [2.45, 2.75) is 6.92 Å². The van der Waals surface area contributed by atoms with Gasteiger partial charge < -0.3 is 0 Å². The topological polar surface area (TPSA) is 68.1 Å². The van der Waals surface area contributed by atoms with Crippen LogP contribution in [0.2, 0.25) is 0 Å². The van der Waals surface area contributed by atoms with E-state index in [-0.39, 0.29) is 4.47 Å². The Hall–Kier alpha value is -2.10. The fourth-order valence-corrected chi connectivity index (χ4v) is 3.51. The van der Waals surface area contributed by atoms with Crippen LogP contribution >= 0.6 is 15.9 Å². The lowest BCUT2D eigenvalue weighted by Crippen LogP contribution is -2.29. The van der Waals surface area contributed by atoms with E-state index >= 15 is 0 Å². The van der Waals surface area contributed by atoms with Crippen LogP contribution in [0, 0.1) is 12.7 Å². The molecule has 136 valence electrons. The molecular weight excluding hydrogens is 423 g/mol. The fourth-order valence-electron chi connectivity index (χ4n) is 2.38. The van der Waals surface area contributed by atoms with E-state index in [0.29, 0.717) is 22.5 Å². The minimum Gasteiger partial charge on any atom is -0.251 e. The molecule has 0 aliphatic carbocycles. The largest absolute Gasteiger partial charge is 0.322 e. The molecule has 26 heavy (non-hydrogen) atoms. The zero-order valence-electron chi connectivity index (χ0n) is 14.3. The van der Waals surface area contributed by atoms with Gasteiger partial charge in [0.15, 0.2) is 0 Å². The first kappa shape index (κ1) is 18.7. The van der Waals surface area contributed by atoms with E-state index in [1.807, 2.05) is 19.1 Å². The van der Waals surface area contributed by atoms with Gasteiger partial charge in [-0.05, 0) is 52.7 Å². The smallest absolute Gasteiger partial charge is 0.251 e. The highest BCUT2D eigenvalue weighted by atomic mass is 79.9. The van der Waals surface area contributed by atoms with Gasteiger partial charge in [0.25, 0.3) is 0 Å². The number of hydrogen-bond acceptors (Lipinski definition) is 4. The van der Waals surface area contributed by atoms with E-state index in [9.17, 15) is 12.8 Å². The van der Waals surface area contributed by atoms with Gasteiger partial charge in [-0.2, -0.15) is 21.9 Å². The van der Waals surface area contributed by atoms with Crippen molar-refractivity contribution in [3.8, 4) is 22.5 Å². The highest BCUT2D eigenvalue weighted by Crippen LogP contribution is 2.33. The van der Waals surface area contributed by atoms with Crippen molar-refractivity contribution in [2.75, 3.05) is 14.1 Å². The Morgan fingerprint density at radius 3 is 2.54 bits per heavy atom. The Kier molecular flexibility index (Phi) is 4.96. The second kappa shape index (κ2) is 6.90. The van der Waals surface area contributed by atoms with Crippen molar-refractivity contribution in [1.29, 1.82) is 0 Å². The molecule has 0 aliphatic rings. The van der Waals surface area contributed by atoms with Crippen molar-refractivity contribution in [3.63, 3.8) is 0 Å². The lowest BCUT2D eigenvalue weighted by Gasteiger charge is -2.10. The predicted molar refractivity (Wildman–Crippen MR) is 101 cm³/mol. The minimum absolute atomic E-state index is 0.279. The van der Waals surface area contributed by atoms with Crippen molar-refractivity contribution >= 4 is 26.1 Å². The molecule has 2 aromatic heterocycles. The molecule has 0 amide bonds. The van der Waals surface area contributed by atoms with Gasteiger partial charge in [-0.1, -0.05) is 12.1 Å². The Morgan fingerprint density at radius 1 is 1.19 bits per heavy atom. The summed E-state index contributed by atoms with van der Waals surface area (Å²) in [4.78, 5) is 4.44. The summed E-state index contributed by atoms with van der Waals surface area (Å²) in [5.41, 5.74) is 2.87. The number of halogens is 2. The maximum absolute atomic E-state index is 13.6. The molecule has 0 atom stereocenters. The lowest BCUT2D eigenvalue weighted by molar-refractivity contribution is 0.504. The van der Waals surface area contributed by atoms with Crippen LogP contribution in [0.15, 0.2) is 47.1 Å². The van der Waals surface area contributed by atoms with Crippen molar-refractivity contribution in [3.05, 3.63) is 58.6 Å². The van der Waals surface area contributed by atoms with Gasteiger partial charge in [0.1, 0.15) is 11.5 Å². The van der Waals surface area contributed by atoms with E-state index in [2.05, 4.69) is 26.0 Å². The molecule has 0 aliphatic heterocycles. The van der Waals surface area contributed by atoms with Crippen LogP contribution in [0.25, 0.3) is 22.5 Å². The van der Waals surface area contributed by atoms with Crippen LogP contribution in [0.5, 0.6) is 0 Å². The molecule has 0 radical (unpaired) electrons. The number of rotatable bonds is 4. The number of nitrogens with zero attached hydrogens (tertiary/aromatic N) is 4. The SMILES string of the molecule is Cc1cccc(-c2nn(S(=O)(=O)N(C)C)cc2-c2ccc(F)c(Br)c2)n1. The van der Waals surface area contributed by atoms with E-state index in [1.54, 1.807) is 18.2 Å². The summed E-state index contributed by atoms with van der Waals surface area (Å²) in [5, 5.41) is 4.26. The molecule has 0 spiro atoms. The second-order valence-corrected chi connectivity index (χ2v) is 8.70.